The summed E-state index contributed by atoms with van der Waals surface area (Å²) in [6.07, 6.45) is 0. The Balaban J connectivity index is 2.72. The van der Waals surface area contributed by atoms with E-state index < -0.39 is 5.97 Å². The highest BCUT2D eigenvalue weighted by molar-refractivity contribution is 8.02. The van der Waals surface area contributed by atoms with Crippen LogP contribution in [0.5, 0.6) is 0 Å². The Labute approximate surface area is 120 Å². The molecule has 1 amide bonds. The molecular weight excluding hydrogens is 284 g/mol. The molecule has 19 heavy (non-hydrogen) atoms. The lowest BCUT2D eigenvalue weighted by molar-refractivity contribution is -0.121. The fourth-order valence-corrected chi connectivity index (χ4v) is 3.47. The smallest absolute Gasteiger partial charge is 0.347 e. The Kier molecular flexibility index (Phi) is 4.98. The van der Waals surface area contributed by atoms with Gasteiger partial charge in [0.2, 0.25) is 5.91 Å². The summed E-state index contributed by atoms with van der Waals surface area (Å²) >= 11 is 2.38. The summed E-state index contributed by atoms with van der Waals surface area (Å²) in [6.45, 7) is 9.18. The summed E-state index contributed by atoms with van der Waals surface area (Å²) in [5, 5.41) is 11.5. The van der Waals surface area contributed by atoms with Crippen LogP contribution in [0.15, 0.2) is 4.34 Å². The van der Waals surface area contributed by atoms with Crippen molar-refractivity contribution < 1.29 is 14.7 Å². The van der Waals surface area contributed by atoms with Gasteiger partial charge in [0, 0.05) is 5.54 Å². The molecule has 7 heteroatoms. The lowest BCUT2D eigenvalue weighted by Gasteiger charge is -2.22. The van der Waals surface area contributed by atoms with Gasteiger partial charge < -0.3 is 10.4 Å². The number of carbonyl (C=O) groups is 2. The molecule has 0 aliphatic carbocycles. The second-order valence-corrected chi connectivity index (χ2v) is 7.79. The summed E-state index contributed by atoms with van der Waals surface area (Å²) < 4.78 is 0.603. The average molecular weight is 302 g/mol. The van der Waals surface area contributed by atoms with E-state index >= 15 is 0 Å². The van der Waals surface area contributed by atoms with Crippen molar-refractivity contribution >= 4 is 35.0 Å². The van der Waals surface area contributed by atoms with Gasteiger partial charge in [-0.15, -0.1) is 11.3 Å². The molecule has 1 aromatic rings. The molecular formula is C12H18N2O3S2. The number of aromatic nitrogens is 1. The zero-order chi connectivity index (χ0) is 14.8. The molecule has 0 aliphatic rings. The van der Waals surface area contributed by atoms with Crippen LogP contribution in [0.1, 0.15) is 43.1 Å². The highest BCUT2D eigenvalue weighted by atomic mass is 32.2. The van der Waals surface area contributed by atoms with Crippen LogP contribution in [0.25, 0.3) is 0 Å². The molecule has 0 aliphatic heterocycles. The molecule has 106 valence electrons. The molecule has 0 saturated carbocycles. The minimum absolute atomic E-state index is 0.0813. The number of thiazole rings is 1. The summed E-state index contributed by atoms with van der Waals surface area (Å²) in [4.78, 5) is 27.2. The van der Waals surface area contributed by atoms with Gasteiger partial charge in [-0.05, 0) is 34.6 Å². The largest absolute Gasteiger partial charge is 0.477 e. The molecule has 0 spiro atoms. The number of amides is 1. The number of carbonyl (C=O) groups excluding carboxylic acids is 1. The molecule has 0 fully saturated rings. The van der Waals surface area contributed by atoms with Crippen LogP contribution >= 0.6 is 23.1 Å². The maximum Gasteiger partial charge on any atom is 0.347 e. The molecule has 5 nitrogen and oxygen atoms in total. The van der Waals surface area contributed by atoms with Gasteiger partial charge in [-0.1, -0.05) is 11.8 Å². The Morgan fingerprint density at radius 2 is 2.00 bits per heavy atom. The number of thioether (sulfide) groups is 1. The molecule has 1 unspecified atom stereocenters. The number of hydrogen-bond acceptors (Lipinski definition) is 5. The van der Waals surface area contributed by atoms with E-state index in [0.29, 0.717) is 10.0 Å². The van der Waals surface area contributed by atoms with E-state index in [-0.39, 0.29) is 21.6 Å². The second kappa shape index (κ2) is 5.92. The van der Waals surface area contributed by atoms with Crippen molar-refractivity contribution in [2.24, 2.45) is 0 Å². The number of carboxylic acids is 1. The molecule has 1 aromatic heterocycles. The lowest BCUT2D eigenvalue weighted by Crippen LogP contribution is -2.44. The number of aromatic carboxylic acids is 1. The zero-order valence-corrected chi connectivity index (χ0v) is 13.2. The molecule has 0 aromatic carbocycles. The van der Waals surface area contributed by atoms with E-state index in [0.717, 1.165) is 11.3 Å². The third-order valence-corrected chi connectivity index (χ3v) is 4.46. The van der Waals surface area contributed by atoms with Crippen LogP contribution in [-0.2, 0) is 4.79 Å². The Bertz CT molecular complexity index is 492. The van der Waals surface area contributed by atoms with E-state index in [1.165, 1.54) is 11.8 Å². The molecule has 1 atom stereocenters. The minimum atomic E-state index is -0.978. The molecule has 1 rings (SSSR count). The highest BCUT2D eigenvalue weighted by Gasteiger charge is 2.22. The fraction of sp³-hybridized carbons (Fsp3) is 0.583. The third kappa shape index (κ3) is 4.83. The molecule has 0 saturated heterocycles. The van der Waals surface area contributed by atoms with Gasteiger partial charge in [-0.25, -0.2) is 9.78 Å². The second-order valence-electron chi connectivity index (χ2n) is 5.20. The van der Waals surface area contributed by atoms with Crippen LogP contribution in [0.4, 0.5) is 0 Å². The van der Waals surface area contributed by atoms with Crippen LogP contribution in [0.2, 0.25) is 0 Å². The minimum Gasteiger partial charge on any atom is -0.477 e. The first-order valence-electron chi connectivity index (χ1n) is 5.79. The number of nitrogens with zero attached hydrogens (tertiary/aromatic N) is 1. The number of hydrogen-bond donors (Lipinski definition) is 2. The van der Waals surface area contributed by atoms with Crippen LogP contribution in [-0.4, -0.2) is 32.8 Å². The van der Waals surface area contributed by atoms with Gasteiger partial charge in [0.1, 0.15) is 4.88 Å². The van der Waals surface area contributed by atoms with E-state index in [2.05, 4.69) is 10.3 Å². The topological polar surface area (TPSA) is 79.3 Å². The average Bonchev–Trinajstić information content (AvgIpc) is 2.56. The summed E-state index contributed by atoms with van der Waals surface area (Å²) in [5.41, 5.74) is 0.208. The van der Waals surface area contributed by atoms with E-state index in [9.17, 15) is 9.59 Å². The summed E-state index contributed by atoms with van der Waals surface area (Å²) in [5.74, 6) is -1.06. The standard InChI is InChI=1S/C12H18N2O3S2/c1-6-8(10(16)17)19-11(13-6)18-7(2)9(15)14-12(3,4)5/h7H,1-5H3,(H,14,15)(H,16,17). The predicted octanol–water partition coefficient (Wildman–Crippen LogP) is 2.55. The molecule has 0 radical (unpaired) electrons. The van der Waals surface area contributed by atoms with Gasteiger partial charge in [0.15, 0.2) is 4.34 Å². The van der Waals surface area contributed by atoms with Crippen LogP contribution < -0.4 is 5.32 Å². The van der Waals surface area contributed by atoms with Crippen molar-refractivity contribution in [3.8, 4) is 0 Å². The van der Waals surface area contributed by atoms with E-state index in [4.69, 9.17) is 5.11 Å². The van der Waals surface area contributed by atoms with E-state index in [1.807, 2.05) is 20.8 Å². The monoisotopic (exact) mass is 302 g/mol. The Morgan fingerprint density at radius 3 is 2.42 bits per heavy atom. The first kappa shape index (κ1) is 16.0. The van der Waals surface area contributed by atoms with Gasteiger partial charge >= 0.3 is 5.97 Å². The van der Waals surface area contributed by atoms with Crippen molar-refractivity contribution in [3.05, 3.63) is 10.6 Å². The van der Waals surface area contributed by atoms with Crippen molar-refractivity contribution in [2.45, 2.75) is 49.7 Å². The normalized spacial score (nSPS) is 13.1. The van der Waals surface area contributed by atoms with Gasteiger partial charge in [0.05, 0.1) is 10.9 Å². The van der Waals surface area contributed by atoms with Crippen molar-refractivity contribution in [1.82, 2.24) is 10.3 Å². The number of nitrogens with one attached hydrogen (secondary N) is 1. The highest BCUT2D eigenvalue weighted by Crippen LogP contribution is 2.30. The fourth-order valence-electron chi connectivity index (χ4n) is 1.30. The van der Waals surface area contributed by atoms with Crippen LogP contribution in [0.3, 0.4) is 0 Å². The van der Waals surface area contributed by atoms with Crippen molar-refractivity contribution in [2.75, 3.05) is 0 Å². The van der Waals surface area contributed by atoms with Crippen molar-refractivity contribution in [1.29, 1.82) is 0 Å². The third-order valence-electron chi connectivity index (χ3n) is 2.12. The number of carboxylic acid groups (broad SMARTS) is 1. The number of aryl methyl sites for hydroxylation is 1. The molecule has 0 bridgehead atoms. The van der Waals surface area contributed by atoms with Gasteiger partial charge in [-0.3, -0.25) is 4.79 Å². The zero-order valence-electron chi connectivity index (χ0n) is 11.6. The number of rotatable bonds is 4. The lowest BCUT2D eigenvalue weighted by atomic mass is 10.1. The van der Waals surface area contributed by atoms with Crippen molar-refractivity contribution in [3.63, 3.8) is 0 Å². The molecule has 2 N–H and O–H groups in total. The summed E-state index contributed by atoms with van der Waals surface area (Å²) in [6, 6.07) is 0. The maximum absolute atomic E-state index is 11.9. The van der Waals surface area contributed by atoms with Gasteiger partial charge in [0.25, 0.3) is 0 Å². The Morgan fingerprint density at radius 1 is 1.42 bits per heavy atom. The first-order valence-corrected chi connectivity index (χ1v) is 7.49. The molecule has 1 heterocycles. The van der Waals surface area contributed by atoms with E-state index in [1.54, 1.807) is 13.8 Å². The summed E-state index contributed by atoms with van der Waals surface area (Å²) in [7, 11) is 0. The van der Waals surface area contributed by atoms with Crippen LogP contribution in [0, 0.1) is 6.92 Å². The van der Waals surface area contributed by atoms with Gasteiger partial charge in [-0.2, -0.15) is 0 Å². The SMILES string of the molecule is Cc1nc(SC(C)C(=O)NC(C)(C)C)sc1C(=O)O. The maximum atomic E-state index is 11.9. The Hall–Kier alpha value is -1.08. The first-order chi connectivity index (χ1) is 8.60. The predicted molar refractivity (Wildman–Crippen MR) is 77.0 cm³/mol. The quantitative estimate of drug-likeness (QED) is 0.836.